The Kier molecular flexibility index (Phi) is 7.95. The van der Waals surface area contributed by atoms with Gasteiger partial charge in [-0.25, -0.2) is 0 Å². The fourth-order valence-electron chi connectivity index (χ4n) is 3.07. The van der Waals surface area contributed by atoms with Gasteiger partial charge in [0.25, 0.3) is 5.91 Å². The van der Waals surface area contributed by atoms with Crippen LogP contribution in [-0.4, -0.2) is 24.4 Å². The van der Waals surface area contributed by atoms with Gasteiger partial charge in [-0.2, -0.15) is 0 Å². The first kappa shape index (κ1) is 22.1. The number of para-hydroxylation sites is 1. The number of amides is 2. The standard InChI is InChI=1S/C23H28N2O4/c1-15(2)19-12-8-9-16(3)23(19)25-21(27)14-29-22(28)13-20(24-17(4)26)18-10-6-5-7-11-18/h5-12,15,20H,13-14H2,1-4H3,(H,24,26)(H,25,27)/t20-/m1/s1. The molecular weight excluding hydrogens is 368 g/mol. The number of nitrogens with one attached hydrogen (secondary N) is 2. The molecule has 2 rings (SSSR count). The molecule has 0 unspecified atom stereocenters. The van der Waals surface area contributed by atoms with Crippen LogP contribution in [0.4, 0.5) is 5.69 Å². The Hall–Kier alpha value is -3.15. The van der Waals surface area contributed by atoms with Crippen LogP contribution in [0, 0.1) is 6.92 Å². The average molecular weight is 396 g/mol. The summed E-state index contributed by atoms with van der Waals surface area (Å²) in [6, 6.07) is 14.5. The molecule has 0 saturated heterocycles. The number of anilines is 1. The number of benzene rings is 2. The lowest BCUT2D eigenvalue weighted by Gasteiger charge is -2.18. The van der Waals surface area contributed by atoms with Crippen LogP contribution in [0.25, 0.3) is 0 Å². The third kappa shape index (κ3) is 6.75. The van der Waals surface area contributed by atoms with Crippen molar-refractivity contribution in [2.45, 2.75) is 46.1 Å². The zero-order valence-electron chi connectivity index (χ0n) is 17.3. The molecule has 6 heteroatoms. The van der Waals surface area contributed by atoms with Gasteiger partial charge in [0.1, 0.15) is 0 Å². The van der Waals surface area contributed by atoms with Crippen molar-refractivity contribution in [1.29, 1.82) is 0 Å². The molecule has 0 spiro atoms. The van der Waals surface area contributed by atoms with Crippen LogP contribution >= 0.6 is 0 Å². The Morgan fingerprint density at radius 1 is 1.00 bits per heavy atom. The van der Waals surface area contributed by atoms with Crippen LogP contribution < -0.4 is 10.6 Å². The summed E-state index contributed by atoms with van der Waals surface area (Å²) in [5.41, 5.74) is 3.53. The molecule has 154 valence electrons. The summed E-state index contributed by atoms with van der Waals surface area (Å²) in [6.45, 7) is 7.04. The molecule has 6 nitrogen and oxygen atoms in total. The van der Waals surface area contributed by atoms with Crippen LogP contribution in [0.5, 0.6) is 0 Å². The molecule has 1 atom stereocenters. The van der Waals surface area contributed by atoms with Crippen molar-refractivity contribution in [2.75, 3.05) is 11.9 Å². The van der Waals surface area contributed by atoms with E-state index >= 15 is 0 Å². The highest BCUT2D eigenvalue weighted by Crippen LogP contribution is 2.27. The van der Waals surface area contributed by atoms with Gasteiger partial charge in [-0.15, -0.1) is 0 Å². The van der Waals surface area contributed by atoms with Gasteiger partial charge in [-0.1, -0.05) is 62.4 Å². The SMILES string of the molecule is CC(=O)N[C@H](CC(=O)OCC(=O)Nc1c(C)cccc1C(C)C)c1ccccc1. The van der Waals surface area contributed by atoms with E-state index in [9.17, 15) is 14.4 Å². The van der Waals surface area contributed by atoms with E-state index < -0.39 is 17.9 Å². The zero-order chi connectivity index (χ0) is 21.4. The number of hydrogen-bond acceptors (Lipinski definition) is 4. The number of carbonyl (C=O) groups excluding carboxylic acids is 3. The normalized spacial score (nSPS) is 11.6. The fourth-order valence-corrected chi connectivity index (χ4v) is 3.07. The van der Waals surface area contributed by atoms with Crippen molar-refractivity contribution in [3.8, 4) is 0 Å². The maximum atomic E-state index is 12.3. The molecule has 0 aliphatic heterocycles. The van der Waals surface area contributed by atoms with Crippen LogP contribution in [0.1, 0.15) is 55.8 Å². The Balaban J connectivity index is 1.96. The Bertz CT molecular complexity index is 862. The molecule has 2 aromatic rings. The largest absolute Gasteiger partial charge is 0.455 e. The van der Waals surface area contributed by atoms with Crippen molar-refractivity contribution in [3.05, 3.63) is 65.2 Å². The molecule has 2 aromatic carbocycles. The molecule has 0 aliphatic carbocycles. The van der Waals surface area contributed by atoms with E-state index in [4.69, 9.17) is 4.74 Å². The van der Waals surface area contributed by atoms with E-state index in [1.807, 2.05) is 55.5 Å². The molecule has 0 bridgehead atoms. The second-order valence-corrected chi connectivity index (χ2v) is 7.27. The number of carbonyl (C=O) groups is 3. The quantitative estimate of drug-likeness (QED) is 0.664. The van der Waals surface area contributed by atoms with Gasteiger partial charge in [0.2, 0.25) is 5.91 Å². The van der Waals surface area contributed by atoms with E-state index in [0.717, 1.165) is 22.4 Å². The topological polar surface area (TPSA) is 84.5 Å². The molecule has 0 radical (unpaired) electrons. The van der Waals surface area contributed by atoms with Gasteiger partial charge in [0, 0.05) is 12.6 Å². The predicted molar refractivity (Wildman–Crippen MR) is 112 cm³/mol. The number of hydrogen-bond donors (Lipinski definition) is 2. The van der Waals surface area contributed by atoms with Crippen LogP contribution in [0.2, 0.25) is 0 Å². The molecule has 2 amide bonds. The fraction of sp³-hybridized carbons (Fsp3) is 0.348. The number of rotatable bonds is 8. The van der Waals surface area contributed by atoms with Crippen LogP contribution in [0.15, 0.2) is 48.5 Å². The Morgan fingerprint density at radius 3 is 2.31 bits per heavy atom. The highest BCUT2D eigenvalue weighted by Gasteiger charge is 2.19. The number of esters is 1. The Morgan fingerprint density at radius 2 is 1.69 bits per heavy atom. The summed E-state index contributed by atoms with van der Waals surface area (Å²) in [4.78, 5) is 36.0. The monoisotopic (exact) mass is 396 g/mol. The highest BCUT2D eigenvalue weighted by atomic mass is 16.5. The van der Waals surface area contributed by atoms with Crippen molar-refractivity contribution >= 4 is 23.5 Å². The van der Waals surface area contributed by atoms with Gasteiger partial charge in [0.05, 0.1) is 12.5 Å². The molecule has 29 heavy (non-hydrogen) atoms. The summed E-state index contributed by atoms with van der Waals surface area (Å²) in [5, 5.41) is 5.59. The smallest absolute Gasteiger partial charge is 0.308 e. The minimum atomic E-state index is -0.559. The predicted octanol–water partition coefficient (Wildman–Crippen LogP) is 3.87. The van der Waals surface area contributed by atoms with Crippen molar-refractivity contribution in [1.82, 2.24) is 5.32 Å². The number of aryl methyl sites for hydroxylation is 1. The lowest BCUT2D eigenvalue weighted by Crippen LogP contribution is -2.29. The summed E-state index contributed by atoms with van der Waals surface area (Å²) in [5.74, 6) is -0.954. The third-order valence-corrected chi connectivity index (χ3v) is 4.51. The highest BCUT2D eigenvalue weighted by molar-refractivity contribution is 5.94. The molecule has 0 heterocycles. The average Bonchev–Trinajstić information content (AvgIpc) is 2.67. The van der Waals surface area contributed by atoms with Crippen molar-refractivity contribution < 1.29 is 19.1 Å². The van der Waals surface area contributed by atoms with Gasteiger partial charge in [-0.05, 0) is 29.5 Å². The Labute approximate surface area is 171 Å². The molecule has 2 N–H and O–H groups in total. The zero-order valence-corrected chi connectivity index (χ0v) is 17.3. The minimum Gasteiger partial charge on any atom is -0.455 e. The first-order chi connectivity index (χ1) is 13.8. The van der Waals surface area contributed by atoms with E-state index in [2.05, 4.69) is 24.5 Å². The van der Waals surface area contributed by atoms with E-state index in [1.165, 1.54) is 6.92 Å². The van der Waals surface area contributed by atoms with Gasteiger partial charge in [-0.3, -0.25) is 14.4 Å². The second kappa shape index (κ2) is 10.4. The van der Waals surface area contributed by atoms with Crippen molar-refractivity contribution in [3.63, 3.8) is 0 Å². The first-order valence-corrected chi connectivity index (χ1v) is 9.65. The molecule has 0 aliphatic rings. The second-order valence-electron chi connectivity index (χ2n) is 7.27. The van der Waals surface area contributed by atoms with Gasteiger partial charge >= 0.3 is 5.97 Å². The summed E-state index contributed by atoms with van der Waals surface area (Å²) < 4.78 is 5.15. The van der Waals surface area contributed by atoms with Crippen LogP contribution in [0.3, 0.4) is 0 Å². The maximum absolute atomic E-state index is 12.3. The summed E-state index contributed by atoms with van der Waals surface area (Å²) in [6.07, 6.45) is -0.0571. The van der Waals surface area contributed by atoms with Crippen molar-refractivity contribution in [2.24, 2.45) is 0 Å². The molecule has 0 fully saturated rings. The van der Waals surface area contributed by atoms with Crippen LogP contribution in [-0.2, 0) is 19.1 Å². The van der Waals surface area contributed by atoms with Gasteiger partial charge in [0.15, 0.2) is 6.61 Å². The number of ether oxygens (including phenoxy) is 1. The summed E-state index contributed by atoms with van der Waals surface area (Å²) in [7, 11) is 0. The molecular formula is C23H28N2O4. The van der Waals surface area contributed by atoms with Gasteiger partial charge < -0.3 is 15.4 Å². The third-order valence-electron chi connectivity index (χ3n) is 4.51. The van der Waals surface area contributed by atoms with E-state index in [-0.39, 0.29) is 24.9 Å². The lowest BCUT2D eigenvalue weighted by molar-refractivity contribution is -0.148. The molecule has 0 saturated carbocycles. The summed E-state index contributed by atoms with van der Waals surface area (Å²) >= 11 is 0. The van der Waals surface area contributed by atoms with E-state index in [1.54, 1.807) is 0 Å². The molecule has 0 aromatic heterocycles. The first-order valence-electron chi connectivity index (χ1n) is 9.65. The maximum Gasteiger partial charge on any atom is 0.308 e. The van der Waals surface area contributed by atoms with E-state index in [0.29, 0.717) is 0 Å². The minimum absolute atomic E-state index is 0.0571. The lowest BCUT2D eigenvalue weighted by atomic mass is 9.98.